The van der Waals surface area contributed by atoms with Crippen molar-refractivity contribution in [3.8, 4) is 5.88 Å². The van der Waals surface area contributed by atoms with Crippen LogP contribution in [0.25, 0.3) is 0 Å². The number of pyridine rings is 2. The predicted molar refractivity (Wildman–Crippen MR) is 76.1 cm³/mol. The topological polar surface area (TPSA) is 44.2 Å². The highest BCUT2D eigenvalue weighted by molar-refractivity contribution is 7.80. The van der Waals surface area contributed by atoms with Gasteiger partial charge in [0.05, 0.1) is 5.69 Å². The highest BCUT2D eigenvalue weighted by Crippen LogP contribution is 2.12. The van der Waals surface area contributed by atoms with Gasteiger partial charge in [0.25, 0.3) is 0 Å². The van der Waals surface area contributed by atoms with E-state index in [4.69, 9.17) is 21.7 Å². The van der Waals surface area contributed by atoms with E-state index in [1.807, 2.05) is 37.3 Å². The molecule has 0 spiro atoms. The van der Waals surface area contributed by atoms with Gasteiger partial charge in [-0.1, -0.05) is 12.1 Å². The quantitative estimate of drug-likeness (QED) is 0.784. The fourth-order valence-corrected chi connectivity index (χ4v) is 1.55. The molecule has 0 unspecified atom stereocenters. The van der Waals surface area contributed by atoms with Gasteiger partial charge in [-0.05, 0) is 37.3 Å². The van der Waals surface area contributed by atoms with Crippen molar-refractivity contribution in [1.82, 2.24) is 9.97 Å². The molecule has 98 valence electrons. The maximum absolute atomic E-state index is 5.49. The monoisotopic (exact) mass is 274 g/mol. The van der Waals surface area contributed by atoms with Crippen molar-refractivity contribution in [2.75, 3.05) is 6.61 Å². The minimum atomic E-state index is 0.208. The molecule has 0 fully saturated rings. The molecule has 0 radical (unpaired) electrons. The Morgan fingerprint density at radius 1 is 1.16 bits per heavy atom. The van der Waals surface area contributed by atoms with E-state index in [2.05, 4.69) is 9.97 Å². The summed E-state index contributed by atoms with van der Waals surface area (Å²) in [6.45, 7) is 2.49. The summed E-state index contributed by atoms with van der Waals surface area (Å²) in [6, 6.07) is 9.43. The molecule has 0 aliphatic rings. The van der Waals surface area contributed by atoms with Crippen LogP contribution in [0.15, 0.2) is 42.7 Å². The van der Waals surface area contributed by atoms with Gasteiger partial charge in [0.2, 0.25) is 5.88 Å². The van der Waals surface area contributed by atoms with E-state index in [0.717, 1.165) is 11.3 Å². The van der Waals surface area contributed by atoms with Crippen molar-refractivity contribution in [3.05, 3.63) is 54.0 Å². The average molecular weight is 274 g/mol. The van der Waals surface area contributed by atoms with Crippen LogP contribution in [0.5, 0.6) is 5.88 Å². The standard InChI is InChI=1S/C14H14N2O2S/c1-11-5-4-8-16-14(11)18-10-13(19)17-9-12-6-2-3-7-15-12/h2-8H,9-10H2,1H3. The first-order valence-electron chi connectivity index (χ1n) is 5.85. The molecule has 2 aromatic heterocycles. The summed E-state index contributed by atoms with van der Waals surface area (Å²) in [7, 11) is 0. The first-order chi connectivity index (χ1) is 9.25. The second-order valence-electron chi connectivity index (χ2n) is 3.90. The summed E-state index contributed by atoms with van der Waals surface area (Å²) < 4.78 is 10.9. The van der Waals surface area contributed by atoms with Crippen LogP contribution in [0.2, 0.25) is 0 Å². The molecule has 5 heteroatoms. The smallest absolute Gasteiger partial charge is 0.216 e. The number of hydrogen-bond donors (Lipinski definition) is 0. The van der Waals surface area contributed by atoms with E-state index in [0.29, 0.717) is 17.5 Å². The second-order valence-corrected chi connectivity index (χ2v) is 4.35. The highest BCUT2D eigenvalue weighted by Gasteiger charge is 2.04. The van der Waals surface area contributed by atoms with Gasteiger partial charge >= 0.3 is 0 Å². The zero-order valence-corrected chi connectivity index (χ0v) is 11.4. The normalized spacial score (nSPS) is 9.95. The molecule has 0 aliphatic carbocycles. The van der Waals surface area contributed by atoms with Crippen LogP contribution >= 0.6 is 12.2 Å². The lowest BCUT2D eigenvalue weighted by atomic mass is 10.3. The average Bonchev–Trinajstić information content (AvgIpc) is 2.45. The first-order valence-corrected chi connectivity index (χ1v) is 6.26. The predicted octanol–water partition coefficient (Wildman–Crippen LogP) is 2.71. The fourth-order valence-electron chi connectivity index (χ4n) is 1.43. The molecule has 0 N–H and O–H groups in total. The zero-order valence-electron chi connectivity index (χ0n) is 10.6. The minimum Gasteiger partial charge on any atom is -0.477 e. The molecule has 0 aliphatic heterocycles. The van der Waals surface area contributed by atoms with Crippen molar-refractivity contribution >= 4 is 17.3 Å². The van der Waals surface area contributed by atoms with Crippen molar-refractivity contribution < 1.29 is 9.47 Å². The summed E-state index contributed by atoms with van der Waals surface area (Å²) in [5, 5.41) is 0.385. The summed E-state index contributed by atoms with van der Waals surface area (Å²) >= 11 is 5.09. The van der Waals surface area contributed by atoms with Crippen molar-refractivity contribution in [1.29, 1.82) is 0 Å². The van der Waals surface area contributed by atoms with Gasteiger partial charge in [-0.2, -0.15) is 0 Å². The van der Waals surface area contributed by atoms with Gasteiger partial charge < -0.3 is 9.47 Å². The van der Waals surface area contributed by atoms with E-state index in [1.54, 1.807) is 12.4 Å². The van der Waals surface area contributed by atoms with Crippen molar-refractivity contribution in [2.45, 2.75) is 13.5 Å². The fraction of sp³-hybridized carbons (Fsp3) is 0.214. The molecule has 0 amide bonds. The molecule has 4 nitrogen and oxygen atoms in total. The summed E-state index contributed by atoms with van der Waals surface area (Å²) in [4.78, 5) is 8.26. The van der Waals surface area contributed by atoms with Crippen LogP contribution in [0, 0.1) is 6.92 Å². The Hall–Kier alpha value is -2.01. The number of aromatic nitrogens is 2. The maximum Gasteiger partial charge on any atom is 0.216 e. The largest absolute Gasteiger partial charge is 0.477 e. The first kappa shape index (κ1) is 13.4. The van der Waals surface area contributed by atoms with Crippen molar-refractivity contribution in [2.24, 2.45) is 0 Å². The summed E-state index contributed by atoms with van der Waals surface area (Å²) in [6.07, 6.45) is 3.40. The van der Waals surface area contributed by atoms with Crippen LogP contribution in [0.1, 0.15) is 11.3 Å². The Kier molecular flexibility index (Phi) is 4.80. The number of ether oxygens (including phenoxy) is 2. The molecule has 2 rings (SSSR count). The SMILES string of the molecule is Cc1cccnc1OCC(=S)OCc1ccccn1. The molecule has 0 atom stereocenters. The Morgan fingerprint density at radius 2 is 2.00 bits per heavy atom. The van der Waals surface area contributed by atoms with Gasteiger partial charge in [-0.3, -0.25) is 4.98 Å². The molecule has 0 bridgehead atoms. The van der Waals surface area contributed by atoms with E-state index in [-0.39, 0.29) is 6.61 Å². The van der Waals surface area contributed by atoms with Crippen LogP contribution in [0.3, 0.4) is 0 Å². The van der Waals surface area contributed by atoms with E-state index < -0.39 is 0 Å². The second kappa shape index (κ2) is 6.80. The Balaban J connectivity index is 1.78. The van der Waals surface area contributed by atoms with Gasteiger partial charge in [0, 0.05) is 18.0 Å². The number of nitrogens with zero attached hydrogens (tertiary/aromatic N) is 2. The highest BCUT2D eigenvalue weighted by atomic mass is 32.1. The van der Waals surface area contributed by atoms with Crippen LogP contribution in [0.4, 0.5) is 0 Å². The Bertz CT molecular complexity index is 546. The molecule has 0 saturated carbocycles. The lowest BCUT2D eigenvalue weighted by molar-refractivity contribution is 0.255. The lowest BCUT2D eigenvalue weighted by Crippen LogP contribution is -2.14. The van der Waals surface area contributed by atoms with Gasteiger partial charge in [0.1, 0.15) is 6.61 Å². The number of hydrogen-bond acceptors (Lipinski definition) is 5. The molecular formula is C14H14N2O2S. The Labute approximate surface area is 117 Å². The van der Waals surface area contributed by atoms with Gasteiger partial charge in [-0.25, -0.2) is 4.98 Å². The van der Waals surface area contributed by atoms with E-state index in [9.17, 15) is 0 Å². The van der Waals surface area contributed by atoms with Gasteiger partial charge in [0.15, 0.2) is 11.7 Å². The third-order valence-corrected chi connectivity index (χ3v) is 2.63. The molecule has 0 aromatic carbocycles. The summed E-state index contributed by atoms with van der Waals surface area (Å²) in [5.41, 5.74) is 1.80. The molecule has 0 saturated heterocycles. The molecule has 2 aromatic rings. The third-order valence-electron chi connectivity index (χ3n) is 2.40. The van der Waals surface area contributed by atoms with Gasteiger partial charge in [-0.15, -0.1) is 0 Å². The molecule has 2 heterocycles. The lowest BCUT2D eigenvalue weighted by Gasteiger charge is -2.09. The third kappa shape index (κ3) is 4.30. The van der Waals surface area contributed by atoms with E-state index >= 15 is 0 Å². The number of thiocarbonyl (C=S) groups is 1. The van der Waals surface area contributed by atoms with Crippen LogP contribution in [-0.2, 0) is 11.3 Å². The maximum atomic E-state index is 5.49. The van der Waals surface area contributed by atoms with Crippen molar-refractivity contribution in [3.63, 3.8) is 0 Å². The number of rotatable bonds is 5. The van der Waals surface area contributed by atoms with E-state index in [1.165, 1.54) is 0 Å². The number of aryl methyl sites for hydroxylation is 1. The summed E-state index contributed by atoms with van der Waals surface area (Å²) in [5.74, 6) is 0.575. The van der Waals surface area contributed by atoms with Crippen LogP contribution in [-0.4, -0.2) is 21.6 Å². The Morgan fingerprint density at radius 3 is 2.74 bits per heavy atom. The van der Waals surface area contributed by atoms with Crippen LogP contribution < -0.4 is 4.74 Å². The minimum absolute atomic E-state index is 0.208. The molecular weight excluding hydrogens is 260 g/mol. The molecule has 19 heavy (non-hydrogen) atoms. The zero-order chi connectivity index (χ0) is 13.5.